The molecule has 0 radical (unpaired) electrons. The van der Waals surface area contributed by atoms with Crippen LogP contribution >= 0.6 is 11.8 Å². The van der Waals surface area contributed by atoms with Gasteiger partial charge in [0.2, 0.25) is 5.95 Å². The van der Waals surface area contributed by atoms with Crippen molar-refractivity contribution in [1.29, 1.82) is 0 Å². The Morgan fingerprint density at radius 3 is 2.85 bits per heavy atom. The first-order valence-corrected chi connectivity index (χ1v) is 10.7. The third-order valence-electron chi connectivity index (χ3n) is 5.41. The molecular weight excluding hydrogens is 363 g/mol. The Kier molecular flexibility index (Phi) is 5.78. The zero-order chi connectivity index (χ0) is 18.6. The maximum absolute atomic E-state index is 13.7. The normalized spacial score (nSPS) is 23.1. The molecule has 0 N–H and O–H groups in total. The molecule has 144 valence electrons. The molecule has 2 atom stereocenters. The van der Waals surface area contributed by atoms with E-state index in [0.29, 0.717) is 22.9 Å². The predicted octanol–water partition coefficient (Wildman–Crippen LogP) is 3.32. The molecule has 1 unspecified atom stereocenters. The van der Waals surface area contributed by atoms with E-state index < -0.39 is 0 Å². The standard InChI is InChI=1S/C20H25FN4OS/c1-27-19-18(21)11-22-20(23-19)25-10-9-24-12-15(7-8-16(24)13-25)14-26-17-5-3-2-4-6-17/h2-6,11,15-16H,7-10,12-14H2,1H3/t15-,16?/m1/s1. The van der Waals surface area contributed by atoms with Crippen LogP contribution in [0.2, 0.25) is 0 Å². The molecule has 2 fully saturated rings. The number of aromatic nitrogens is 2. The average Bonchev–Trinajstić information content (AvgIpc) is 2.73. The van der Waals surface area contributed by atoms with Crippen molar-refractivity contribution in [2.45, 2.75) is 23.9 Å². The Bertz CT molecular complexity index is 763. The van der Waals surface area contributed by atoms with Gasteiger partial charge in [-0.15, -0.1) is 11.8 Å². The van der Waals surface area contributed by atoms with Crippen LogP contribution in [0.3, 0.4) is 0 Å². The van der Waals surface area contributed by atoms with E-state index in [1.54, 1.807) is 0 Å². The van der Waals surface area contributed by atoms with Crippen molar-refractivity contribution in [3.05, 3.63) is 42.3 Å². The maximum atomic E-state index is 13.7. The van der Waals surface area contributed by atoms with Crippen LogP contribution in [0.15, 0.2) is 41.6 Å². The molecule has 1 aromatic carbocycles. The number of ether oxygens (including phenoxy) is 1. The van der Waals surface area contributed by atoms with Gasteiger partial charge in [-0.05, 0) is 31.2 Å². The molecule has 3 heterocycles. The number of piperidine rings is 1. The third-order valence-corrected chi connectivity index (χ3v) is 6.08. The molecular formula is C20H25FN4OS. The van der Waals surface area contributed by atoms with Crippen LogP contribution in [0, 0.1) is 11.7 Å². The van der Waals surface area contributed by atoms with Crippen molar-refractivity contribution >= 4 is 17.7 Å². The van der Waals surface area contributed by atoms with E-state index in [9.17, 15) is 4.39 Å². The van der Waals surface area contributed by atoms with E-state index in [1.807, 2.05) is 36.6 Å². The number of halogens is 1. The highest BCUT2D eigenvalue weighted by atomic mass is 32.2. The summed E-state index contributed by atoms with van der Waals surface area (Å²) in [4.78, 5) is 13.4. The number of hydrogen-bond donors (Lipinski definition) is 0. The smallest absolute Gasteiger partial charge is 0.226 e. The fraction of sp³-hybridized carbons (Fsp3) is 0.500. The Balaban J connectivity index is 1.32. The van der Waals surface area contributed by atoms with Gasteiger partial charge in [-0.3, -0.25) is 4.90 Å². The number of fused-ring (bicyclic) bond motifs is 1. The van der Waals surface area contributed by atoms with E-state index >= 15 is 0 Å². The van der Waals surface area contributed by atoms with Crippen LogP contribution in [0.4, 0.5) is 10.3 Å². The first kappa shape index (κ1) is 18.5. The molecule has 4 rings (SSSR count). The molecule has 2 aliphatic rings. The van der Waals surface area contributed by atoms with Crippen LogP contribution in [-0.4, -0.2) is 60.0 Å². The molecule has 0 spiro atoms. The number of benzene rings is 1. The van der Waals surface area contributed by atoms with Gasteiger partial charge in [0.25, 0.3) is 0 Å². The predicted molar refractivity (Wildman–Crippen MR) is 106 cm³/mol. The number of rotatable bonds is 5. The zero-order valence-corrected chi connectivity index (χ0v) is 16.4. The minimum atomic E-state index is -0.344. The summed E-state index contributed by atoms with van der Waals surface area (Å²) in [6.07, 6.45) is 5.45. The quantitative estimate of drug-likeness (QED) is 0.578. The van der Waals surface area contributed by atoms with Gasteiger partial charge in [0, 0.05) is 38.1 Å². The summed E-state index contributed by atoms with van der Waals surface area (Å²) in [7, 11) is 0. The second-order valence-electron chi connectivity index (χ2n) is 7.19. The lowest BCUT2D eigenvalue weighted by molar-refractivity contribution is 0.0725. The van der Waals surface area contributed by atoms with Gasteiger partial charge in [0.1, 0.15) is 10.8 Å². The number of hydrogen-bond acceptors (Lipinski definition) is 6. The highest BCUT2D eigenvalue weighted by Gasteiger charge is 2.34. The van der Waals surface area contributed by atoms with Crippen LogP contribution in [0.5, 0.6) is 5.75 Å². The van der Waals surface area contributed by atoms with Gasteiger partial charge in [-0.25, -0.2) is 14.4 Å². The lowest BCUT2D eigenvalue weighted by atomic mass is 9.91. The summed E-state index contributed by atoms with van der Waals surface area (Å²) in [5.41, 5.74) is 0. The summed E-state index contributed by atoms with van der Waals surface area (Å²) >= 11 is 1.32. The summed E-state index contributed by atoms with van der Waals surface area (Å²) in [5.74, 6) is 1.82. The molecule has 2 aliphatic heterocycles. The molecule has 27 heavy (non-hydrogen) atoms. The topological polar surface area (TPSA) is 41.5 Å². The Morgan fingerprint density at radius 1 is 1.19 bits per heavy atom. The Morgan fingerprint density at radius 2 is 2.04 bits per heavy atom. The molecule has 5 nitrogen and oxygen atoms in total. The van der Waals surface area contributed by atoms with Gasteiger partial charge in [0.15, 0.2) is 5.82 Å². The van der Waals surface area contributed by atoms with E-state index in [-0.39, 0.29) is 5.82 Å². The number of thioether (sulfide) groups is 1. The Labute approximate surface area is 163 Å². The third kappa shape index (κ3) is 4.35. The van der Waals surface area contributed by atoms with Crippen LogP contribution in [0.25, 0.3) is 0 Å². The van der Waals surface area contributed by atoms with Crippen molar-refractivity contribution in [3.8, 4) is 5.75 Å². The van der Waals surface area contributed by atoms with Gasteiger partial charge < -0.3 is 9.64 Å². The van der Waals surface area contributed by atoms with Crippen molar-refractivity contribution in [2.24, 2.45) is 5.92 Å². The van der Waals surface area contributed by atoms with E-state index in [4.69, 9.17) is 4.74 Å². The van der Waals surface area contributed by atoms with Crippen LogP contribution in [0.1, 0.15) is 12.8 Å². The summed E-state index contributed by atoms with van der Waals surface area (Å²) in [6, 6.07) is 10.5. The largest absolute Gasteiger partial charge is 0.493 e. The highest BCUT2D eigenvalue weighted by molar-refractivity contribution is 7.98. The Hall–Kier alpha value is -1.86. The number of anilines is 1. The second kappa shape index (κ2) is 8.44. The SMILES string of the molecule is CSc1nc(N2CCN3C[C@H](COc4ccccc4)CCC3C2)ncc1F. The van der Waals surface area contributed by atoms with Crippen molar-refractivity contribution < 1.29 is 9.13 Å². The maximum Gasteiger partial charge on any atom is 0.226 e. The molecule has 2 aromatic rings. The highest BCUT2D eigenvalue weighted by Crippen LogP contribution is 2.28. The first-order chi connectivity index (χ1) is 13.2. The minimum absolute atomic E-state index is 0.344. The van der Waals surface area contributed by atoms with E-state index in [2.05, 4.69) is 19.8 Å². The summed E-state index contributed by atoms with van der Waals surface area (Å²) in [5, 5.41) is 0.421. The van der Waals surface area contributed by atoms with E-state index in [0.717, 1.165) is 45.0 Å². The fourth-order valence-corrected chi connectivity index (χ4v) is 4.37. The van der Waals surface area contributed by atoms with Crippen LogP contribution in [-0.2, 0) is 0 Å². The minimum Gasteiger partial charge on any atom is -0.493 e. The van der Waals surface area contributed by atoms with Gasteiger partial charge >= 0.3 is 0 Å². The molecule has 0 bridgehead atoms. The number of para-hydroxylation sites is 1. The molecule has 2 saturated heterocycles. The van der Waals surface area contributed by atoms with Crippen molar-refractivity contribution in [2.75, 3.05) is 43.9 Å². The second-order valence-corrected chi connectivity index (χ2v) is 7.98. The number of piperazine rings is 1. The molecule has 0 aliphatic carbocycles. The lowest BCUT2D eigenvalue weighted by Crippen LogP contribution is -2.57. The molecule has 0 saturated carbocycles. The molecule has 7 heteroatoms. The monoisotopic (exact) mass is 388 g/mol. The molecule has 0 amide bonds. The molecule has 1 aromatic heterocycles. The number of nitrogens with zero attached hydrogens (tertiary/aromatic N) is 4. The van der Waals surface area contributed by atoms with E-state index in [1.165, 1.54) is 24.4 Å². The zero-order valence-electron chi connectivity index (χ0n) is 15.6. The average molecular weight is 389 g/mol. The van der Waals surface area contributed by atoms with Crippen LogP contribution < -0.4 is 9.64 Å². The van der Waals surface area contributed by atoms with Gasteiger partial charge in [-0.2, -0.15) is 0 Å². The summed E-state index contributed by atoms with van der Waals surface area (Å²) in [6.45, 7) is 4.62. The lowest BCUT2D eigenvalue weighted by Gasteiger charge is -2.46. The van der Waals surface area contributed by atoms with Crippen molar-refractivity contribution in [1.82, 2.24) is 14.9 Å². The van der Waals surface area contributed by atoms with Gasteiger partial charge in [0.05, 0.1) is 12.8 Å². The van der Waals surface area contributed by atoms with Gasteiger partial charge in [-0.1, -0.05) is 18.2 Å². The summed E-state index contributed by atoms with van der Waals surface area (Å²) < 4.78 is 19.6. The van der Waals surface area contributed by atoms with Crippen molar-refractivity contribution in [3.63, 3.8) is 0 Å². The first-order valence-electron chi connectivity index (χ1n) is 9.46. The fourth-order valence-electron chi connectivity index (χ4n) is 3.94.